The van der Waals surface area contributed by atoms with E-state index in [1.165, 1.54) is 7.11 Å². The molecule has 0 saturated carbocycles. The van der Waals surface area contributed by atoms with Crippen molar-refractivity contribution in [1.29, 1.82) is 0 Å². The molecular formula is C31H36N6O4. The molecule has 1 saturated heterocycles. The number of hydrogen-bond donors (Lipinski definition) is 0. The van der Waals surface area contributed by atoms with Crippen LogP contribution in [0.25, 0.3) is 16.9 Å². The van der Waals surface area contributed by atoms with E-state index in [-0.39, 0.29) is 11.0 Å². The van der Waals surface area contributed by atoms with Crippen LogP contribution in [0.1, 0.15) is 67.1 Å². The van der Waals surface area contributed by atoms with Crippen molar-refractivity contribution in [3.8, 4) is 17.0 Å². The van der Waals surface area contributed by atoms with Crippen molar-refractivity contribution in [3.05, 3.63) is 59.5 Å². The first-order valence-electron chi connectivity index (χ1n) is 14.4. The van der Waals surface area contributed by atoms with Gasteiger partial charge in [-0.15, -0.1) is 0 Å². The standard InChI is InChI=1S/C31H36N6O4/c1-21-27(28(38)30(39)40-3)29-35-14-12-31(2,13-15-35)11-7-4-8-16-41-25-10-6-5-9-22(25)19-36-20-23(18-32-36)24-17-26(33-21)37(29)34-24/h5-6,9-10,17-18,20H,4,7-8,11-16,19H2,1-3H3. The maximum atomic E-state index is 13.3. The monoisotopic (exact) mass is 556 g/mol. The Morgan fingerprint density at radius 3 is 2.68 bits per heavy atom. The number of aromatic nitrogens is 5. The molecular weight excluding hydrogens is 520 g/mol. The number of para-hydroxylation sites is 1. The predicted octanol–water partition coefficient (Wildman–Crippen LogP) is 4.86. The lowest BCUT2D eigenvalue weighted by molar-refractivity contribution is -0.135. The third-order valence-corrected chi connectivity index (χ3v) is 8.54. The average Bonchev–Trinajstić information content (AvgIpc) is 3.61. The Morgan fingerprint density at radius 2 is 1.88 bits per heavy atom. The second-order valence-corrected chi connectivity index (χ2v) is 11.5. The molecule has 7 rings (SSSR count). The highest BCUT2D eigenvalue weighted by Gasteiger charge is 2.35. The summed E-state index contributed by atoms with van der Waals surface area (Å²) < 4.78 is 14.6. The van der Waals surface area contributed by atoms with Gasteiger partial charge in [0.1, 0.15) is 11.6 Å². The first-order valence-corrected chi connectivity index (χ1v) is 14.4. The van der Waals surface area contributed by atoms with Gasteiger partial charge in [0.05, 0.1) is 43.4 Å². The van der Waals surface area contributed by atoms with Gasteiger partial charge >= 0.3 is 5.97 Å². The van der Waals surface area contributed by atoms with Crippen LogP contribution in [0.4, 0.5) is 5.82 Å². The smallest absolute Gasteiger partial charge is 0.379 e. The minimum absolute atomic E-state index is 0.211. The predicted molar refractivity (Wildman–Crippen MR) is 154 cm³/mol. The number of piperidine rings is 1. The molecule has 214 valence electrons. The molecule has 6 heterocycles. The largest absolute Gasteiger partial charge is 0.493 e. The van der Waals surface area contributed by atoms with Crippen LogP contribution in [0.2, 0.25) is 0 Å². The number of methoxy groups -OCH3 is 1. The number of ketones is 1. The number of nitrogens with zero attached hydrogens (tertiary/aromatic N) is 6. The summed E-state index contributed by atoms with van der Waals surface area (Å²) in [4.78, 5) is 32.6. The fourth-order valence-electron chi connectivity index (χ4n) is 6.05. The number of carbonyl (C=O) groups excluding carboxylic acids is 2. The molecule has 0 atom stereocenters. The van der Waals surface area contributed by atoms with E-state index in [0.29, 0.717) is 36.0 Å². The fourth-order valence-corrected chi connectivity index (χ4v) is 6.05. The highest BCUT2D eigenvalue weighted by molar-refractivity contribution is 6.42. The molecule has 1 aromatic carbocycles. The molecule has 1 fully saturated rings. The normalized spacial score (nSPS) is 17.2. The van der Waals surface area contributed by atoms with Crippen molar-refractivity contribution in [2.45, 2.75) is 58.9 Å². The molecule has 0 aliphatic carbocycles. The number of benzene rings is 1. The Hall–Kier alpha value is -4.21. The molecule has 3 aromatic heterocycles. The summed E-state index contributed by atoms with van der Waals surface area (Å²) in [7, 11) is 1.22. The van der Waals surface area contributed by atoms with Crippen molar-refractivity contribution in [1.82, 2.24) is 24.4 Å². The summed E-state index contributed by atoms with van der Waals surface area (Å²) >= 11 is 0. The van der Waals surface area contributed by atoms with Crippen molar-refractivity contribution in [3.63, 3.8) is 0 Å². The van der Waals surface area contributed by atoms with Crippen molar-refractivity contribution in [2.24, 2.45) is 5.41 Å². The molecule has 3 aliphatic heterocycles. The lowest BCUT2D eigenvalue weighted by Gasteiger charge is -2.41. The SMILES string of the molecule is COC(=O)C(=O)c1c(C)nc2cc3nn2c1N1CCC(C)(CCCCCOc2ccccc2Cn2cc-3cn2)CC1. The van der Waals surface area contributed by atoms with Gasteiger partial charge in [0.2, 0.25) is 0 Å². The van der Waals surface area contributed by atoms with Crippen molar-refractivity contribution >= 4 is 23.2 Å². The molecule has 0 spiro atoms. The zero-order chi connectivity index (χ0) is 28.6. The molecule has 4 aromatic rings. The van der Waals surface area contributed by atoms with Crippen LogP contribution >= 0.6 is 0 Å². The van der Waals surface area contributed by atoms with Gasteiger partial charge < -0.3 is 14.4 Å². The number of aryl methyl sites for hydroxylation is 1. The van der Waals surface area contributed by atoms with Gasteiger partial charge in [0.25, 0.3) is 5.78 Å². The van der Waals surface area contributed by atoms with E-state index in [1.807, 2.05) is 35.1 Å². The lowest BCUT2D eigenvalue weighted by atomic mass is 9.76. The Labute approximate surface area is 239 Å². The molecule has 0 N–H and O–H groups in total. The molecule has 0 radical (unpaired) electrons. The second kappa shape index (κ2) is 11.0. The summed E-state index contributed by atoms with van der Waals surface area (Å²) in [6.07, 6.45) is 10.1. The maximum absolute atomic E-state index is 13.3. The Morgan fingerprint density at radius 1 is 1.07 bits per heavy atom. The number of esters is 1. The minimum atomic E-state index is -0.906. The van der Waals surface area contributed by atoms with Crippen LogP contribution in [0.5, 0.6) is 5.75 Å². The van der Waals surface area contributed by atoms with E-state index in [9.17, 15) is 9.59 Å². The third kappa shape index (κ3) is 5.30. The zero-order valence-electron chi connectivity index (χ0n) is 23.9. The Bertz CT molecular complexity index is 1600. The average molecular weight is 557 g/mol. The topological polar surface area (TPSA) is 104 Å². The number of hydrogen-bond acceptors (Lipinski definition) is 8. The molecule has 10 heteroatoms. The number of anilines is 1. The molecule has 0 unspecified atom stereocenters. The van der Waals surface area contributed by atoms with Gasteiger partial charge in [-0.1, -0.05) is 38.0 Å². The van der Waals surface area contributed by atoms with Crippen LogP contribution in [0, 0.1) is 12.3 Å². The van der Waals surface area contributed by atoms with E-state index < -0.39 is 11.8 Å². The lowest BCUT2D eigenvalue weighted by Crippen LogP contribution is -2.41. The summed E-state index contributed by atoms with van der Waals surface area (Å²) in [5, 5.41) is 9.50. The van der Waals surface area contributed by atoms with E-state index in [4.69, 9.17) is 14.6 Å². The summed E-state index contributed by atoms with van der Waals surface area (Å²) in [6, 6.07) is 10.0. The first-order chi connectivity index (χ1) is 19.8. The quantitative estimate of drug-likeness (QED) is 0.196. The molecule has 41 heavy (non-hydrogen) atoms. The van der Waals surface area contributed by atoms with Gasteiger partial charge in [-0.25, -0.2) is 9.78 Å². The molecule has 6 bridgehead atoms. The molecule has 0 amide bonds. The molecule has 3 aliphatic rings. The van der Waals surface area contributed by atoms with E-state index >= 15 is 0 Å². The summed E-state index contributed by atoms with van der Waals surface area (Å²) in [5.41, 5.74) is 4.13. The number of ether oxygens (including phenoxy) is 2. The summed E-state index contributed by atoms with van der Waals surface area (Å²) in [6.45, 7) is 6.89. The van der Waals surface area contributed by atoms with Crippen LogP contribution in [0.15, 0.2) is 42.7 Å². The number of Topliss-reactive ketones (excluding diaryl/α,β-unsaturated/α-hetero) is 1. The van der Waals surface area contributed by atoms with Crippen LogP contribution in [-0.4, -0.2) is 62.9 Å². The van der Waals surface area contributed by atoms with Crippen LogP contribution < -0.4 is 9.64 Å². The van der Waals surface area contributed by atoms with E-state index in [1.54, 1.807) is 17.6 Å². The fraction of sp³-hybridized carbons (Fsp3) is 0.452. The van der Waals surface area contributed by atoms with Crippen LogP contribution in [0.3, 0.4) is 0 Å². The van der Waals surface area contributed by atoms with E-state index in [2.05, 4.69) is 28.0 Å². The van der Waals surface area contributed by atoms with Gasteiger partial charge in [-0.05, 0) is 44.1 Å². The summed E-state index contributed by atoms with van der Waals surface area (Å²) in [5.74, 6) is -0.123. The molecule has 10 nitrogen and oxygen atoms in total. The third-order valence-electron chi connectivity index (χ3n) is 8.54. The van der Waals surface area contributed by atoms with Gasteiger partial charge in [-0.3, -0.25) is 9.48 Å². The highest BCUT2D eigenvalue weighted by Crippen LogP contribution is 2.39. The number of fused-ring (bicyclic) bond motifs is 7. The highest BCUT2D eigenvalue weighted by atomic mass is 16.5. The Balaban J connectivity index is 1.45. The number of carbonyl (C=O) groups is 2. The maximum Gasteiger partial charge on any atom is 0.379 e. The zero-order valence-corrected chi connectivity index (χ0v) is 23.9. The van der Waals surface area contributed by atoms with E-state index in [0.717, 1.165) is 68.5 Å². The van der Waals surface area contributed by atoms with Gasteiger partial charge in [0.15, 0.2) is 5.65 Å². The Kier molecular flexibility index (Phi) is 7.23. The van der Waals surface area contributed by atoms with Gasteiger partial charge in [-0.2, -0.15) is 14.7 Å². The van der Waals surface area contributed by atoms with Crippen molar-refractivity contribution < 1.29 is 19.1 Å². The number of rotatable bonds is 2. The first kappa shape index (κ1) is 27.0. The van der Waals surface area contributed by atoms with Crippen LogP contribution in [-0.2, 0) is 16.1 Å². The minimum Gasteiger partial charge on any atom is -0.493 e. The van der Waals surface area contributed by atoms with Crippen molar-refractivity contribution in [2.75, 3.05) is 31.7 Å². The van der Waals surface area contributed by atoms with Gasteiger partial charge in [0, 0.05) is 36.5 Å². The second-order valence-electron chi connectivity index (χ2n) is 11.5.